The van der Waals surface area contributed by atoms with Crippen LogP contribution in [0.2, 0.25) is 13.3 Å². The summed E-state index contributed by atoms with van der Waals surface area (Å²) < 4.78 is 19.2. The van der Waals surface area contributed by atoms with Gasteiger partial charge in [0.1, 0.15) is 0 Å². The minimum absolute atomic E-state index is 0.00692. The molecule has 3 aliphatic carbocycles. The third kappa shape index (κ3) is 4.08. The monoisotopic (exact) mass is 591 g/mol. The molecule has 2 fully saturated rings. The Morgan fingerprint density at radius 2 is 1.66 bits per heavy atom. The molecule has 1 saturated carbocycles. The normalized spacial score (nSPS) is 34.2. The van der Waals surface area contributed by atoms with Gasteiger partial charge in [0.25, 0.3) is 0 Å². The summed E-state index contributed by atoms with van der Waals surface area (Å²) in [4.78, 5) is 16.4. The van der Waals surface area contributed by atoms with Crippen molar-refractivity contribution in [1.82, 2.24) is 4.90 Å². The van der Waals surface area contributed by atoms with Crippen molar-refractivity contribution in [2.75, 3.05) is 27.8 Å². The van der Waals surface area contributed by atoms with E-state index in [2.05, 4.69) is 55.0 Å². The first-order valence-corrected chi connectivity index (χ1v) is 22.1. The van der Waals surface area contributed by atoms with Crippen LogP contribution in [0.3, 0.4) is 0 Å². The molecule has 0 radical (unpaired) electrons. The van der Waals surface area contributed by atoms with E-state index in [9.17, 15) is 4.79 Å². The number of nitrogens with zero attached hydrogens (tertiary/aromatic N) is 1. The number of likely N-dealkylation sites (tertiary alicyclic amines) is 1. The molecule has 0 aromatic heterocycles. The summed E-state index contributed by atoms with van der Waals surface area (Å²) in [5, 5.41) is 0. The molecule has 4 rings (SSSR count). The van der Waals surface area contributed by atoms with Crippen molar-refractivity contribution in [3.63, 3.8) is 0 Å². The Bertz CT molecular complexity index is 857. The van der Waals surface area contributed by atoms with Crippen molar-refractivity contribution in [3.8, 4) is 0 Å². The Labute approximate surface area is 218 Å². The molecule has 5 atom stereocenters. The van der Waals surface area contributed by atoms with E-state index in [1.165, 1.54) is 51.8 Å². The van der Waals surface area contributed by atoms with E-state index in [1.54, 1.807) is 14.2 Å². The van der Waals surface area contributed by atoms with Gasteiger partial charge in [0.05, 0.1) is 0 Å². The molecular weight excluding hydrogens is 541 g/mol. The van der Waals surface area contributed by atoms with Crippen LogP contribution in [0.15, 0.2) is 33.8 Å². The molecule has 4 aliphatic rings. The Hall–Kier alpha value is -0.751. The zero-order valence-corrected chi connectivity index (χ0v) is 26.1. The summed E-state index contributed by atoms with van der Waals surface area (Å²) in [6.07, 6.45) is 17.4. The van der Waals surface area contributed by atoms with Crippen LogP contribution in [0.4, 0.5) is 0 Å². The van der Waals surface area contributed by atoms with Gasteiger partial charge in [-0.1, -0.05) is 0 Å². The Kier molecular flexibility index (Phi) is 8.52. The minimum atomic E-state index is -2.56. The van der Waals surface area contributed by atoms with E-state index in [4.69, 9.17) is 9.47 Å². The maximum atomic E-state index is 13.9. The molecule has 1 spiro atoms. The summed E-state index contributed by atoms with van der Waals surface area (Å²) in [5.41, 5.74) is -0.497. The van der Waals surface area contributed by atoms with E-state index in [1.807, 2.05) is 0 Å². The number of unbranched alkanes of at least 4 members (excludes halogenated alkanes) is 3. The van der Waals surface area contributed by atoms with Gasteiger partial charge in [-0.2, -0.15) is 0 Å². The van der Waals surface area contributed by atoms with Crippen LogP contribution < -0.4 is 0 Å². The van der Waals surface area contributed by atoms with Crippen LogP contribution in [0.1, 0.15) is 72.1 Å². The SMILES string of the molecule is CCC[CH2][Sn](/[CH]=C/[C@@]12C(OC)=C(OC)C(=O)[C@H]3[C@H]4C=C[C@H](C4)[C@]31CCN2C)([CH2]CCC)[CH2]CCC. The number of carbonyl (C=O) groups is 1. The van der Waals surface area contributed by atoms with E-state index in [0.29, 0.717) is 17.6 Å². The predicted molar refractivity (Wildman–Crippen MR) is 147 cm³/mol. The van der Waals surface area contributed by atoms with Crippen LogP contribution in [-0.4, -0.2) is 62.4 Å². The fourth-order valence-corrected chi connectivity index (χ4v) is 22.8. The number of hydrogen-bond donors (Lipinski definition) is 0. The molecular formula is C30H49NO3Sn. The molecule has 35 heavy (non-hydrogen) atoms. The molecule has 2 bridgehead atoms. The van der Waals surface area contributed by atoms with Gasteiger partial charge in [0.15, 0.2) is 0 Å². The number of allylic oxidation sites excluding steroid dienone is 3. The second kappa shape index (κ2) is 10.9. The summed E-state index contributed by atoms with van der Waals surface area (Å²) in [5.74, 6) is 2.21. The van der Waals surface area contributed by atoms with Crippen molar-refractivity contribution in [2.45, 2.75) is 91.0 Å². The molecule has 1 aliphatic heterocycles. The molecule has 4 nitrogen and oxygen atoms in total. The van der Waals surface area contributed by atoms with Crippen LogP contribution in [-0.2, 0) is 14.3 Å². The van der Waals surface area contributed by atoms with E-state index in [0.717, 1.165) is 25.1 Å². The summed E-state index contributed by atoms with van der Waals surface area (Å²) in [6, 6.07) is 0. The first kappa shape index (κ1) is 27.3. The number of likely N-dealkylation sites (N-methyl/N-ethyl adjacent to an activating group) is 1. The quantitative estimate of drug-likeness (QED) is 0.173. The van der Waals surface area contributed by atoms with Crippen molar-refractivity contribution < 1.29 is 14.3 Å². The zero-order chi connectivity index (χ0) is 25.3. The first-order valence-electron chi connectivity index (χ1n) is 14.4. The molecule has 1 heterocycles. The van der Waals surface area contributed by atoms with Gasteiger partial charge in [-0.15, -0.1) is 0 Å². The summed E-state index contributed by atoms with van der Waals surface area (Å²) in [6.45, 7) is 8.02. The number of fused-ring (bicyclic) bond motifs is 3. The van der Waals surface area contributed by atoms with Crippen LogP contribution in [0, 0.1) is 23.2 Å². The third-order valence-corrected chi connectivity index (χ3v) is 24.2. The Morgan fingerprint density at radius 1 is 1.03 bits per heavy atom. The van der Waals surface area contributed by atoms with Crippen molar-refractivity contribution in [1.29, 1.82) is 0 Å². The standard InChI is InChI=1S/C18H22NO3.3C4H9.Sn/c1-5-18-16(22-4)15(21-3)14(20)13-11-6-7-12(10-11)17(13,18)8-9-19(18)2;3*1-3-4-2;/h1,5-7,11-13H,8-10H2,2-4H3;3*1,3-4H2,2H3;/t11-,12+,13+,17+,18+;;;;/m0..../s1. The molecule has 0 aromatic rings. The van der Waals surface area contributed by atoms with E-state index in [-0.39, 0.29) is 22.7 Å². The number of ether oxygens (including phenoxy) is 2. The van der Waals surface area contributed by atoms with Gasteiger partial charge >= 0.3 is 219 Å². The van der Waals surface area contributed by atoms with Gasteiger partial charge in [-0.25, -0.2) is 0 Å². The summed E-state index contributed by atoms with van der Waals surface area (Å²) >= 11 is -2.56. The van der Waals surface area contributed by atoms with Gasteiger partial charge < -0.3 is 0 Å². The molecule has 0 unspecified atom stereocenters. The average molecular weight is 590 g/mol. The molecule has 0 amide bonds. The maximum absolute atomic E-state index is 13.9. The molecule has 0 N–H and O–H groups in total. The number of Topliss-reactive ketones (excluding diaryl/α,β-unsaturated/α-hetero) is 1. The molecule has 5 heteroatoms. The predicted octanol–water partition coefficient (Wildman–Crippen LogP) is 6.90. The first-order chi connectivity index (χ1) is 16.9. The fraction of sp³-hybridized carbons (Fsp3) is 0.767. The number of ketones is 1. The second-order valence-electron chi connectivity index (χ2n) is 11.8. The van der Waals surface area contributed by atoms with E-state index < -0.39 is 18.4 Å². The number of carbonyl (C=O) groups excluding carboxylic acids is 1. The zero-order valence-electron chi connectivity index (χ0n) is 23.2. The van der Waals surface area contributed by atoms with Crippen molar-refractivity contribution in [3.05, 3.63) is 33.8 Å². The van der Waals surface area contributed by atoms with Gasteiger partial charge in [-0.05, 0) is 0 Å². The molecule has 196 valence electrons. The fourth-order valence-electron chi connectivity index (χ4n) is 8.45. The van der Waals surface area contributed by atoms with E-state index >= 15 is 0 Å². The molecule has 0 aromatic carbocycles. The second-order valence-corrected chi connectivity index (χ2v) is 24.8. The van der Waals surface area contributed by atoms with Gasteiger partial charge in [-0.3, -0.25) is 0 Å². The number of hydrogen-bond acceptors (Lipinski definition) is 4. The van der Waals surface area contributed by atoms with Crippen molar-refractivity contribution in [2.24, 2.45) is 23.2 Å². The van der Waals surface area contributed by atoms with Crippen LogP contribution in [0.25, 0.3) is 0 Å². The van der Waals surface area contributed by atoms with Crippen LogP contribution >= 0.6 is 0 Å². The van der Waals surface area contributed by atoms with Crippen LogP contribution in [0.5, 0.6) is 0 Å². The van der Waals surface area contributed by atoms with Gasteiger partial charge in [0.2, 0.25) is 0 Å². The molecule has 1 saturated heterocycles. The summed E-state index contributed by atoms with van der Waals surface area (Å²) in [7, 11) is 5.67. The Balaban J connectivity index is 1.90. The number of rotatable bonds is 13. The van der Waals surface area contributed by atoms with Crippen molar-refractivity contribution >= 4 is 24.2 Å². The topological polar surface area (TPSA) is 38.8 Å². The average Bonchev–Trinajstić information content (AvgIpc) is 3.55. The third-order valence-electron chi connectivity index (χ3n) is 10.2. The van der Waals surface area contributed by atoms with Gasteiger partial charge in [0, 0.05) is 0 Å². The number of methoxy groups -OCH3 is 2. The Morgan fingerprint density at radius 3 is 2.20 bits per heavy atom.